The van der Waals surface area contributed by atoms with Gasteiger partial charge in [0.05, 0.1) is 17.1 Å². The largest absolute Gasteiger partial charge is 0.361 e. The summed E-state index contributed by atoms with van der Waals surface area (Å²) in [6.45, 7) is 15.5. The Bertz CT molecular complexity index is 1350. The Morgan fingerprint density at radius 2 is 1.80 bits per heavy atom. The van der Waals surface area contributed by atoms with Gasteiger partial charge in [-0.15, -0.1) is 4.98 Å². The number of nitriles is 1. The molecule has 3 heterocycles. The number of aromatic nitrogens is 3. The SMILES string of the molecule is [C-]#[N+]c1ccc2c(n1)c(N1C[C@@H](CC)N(C(CC)c3ccc(C#N)cc3)C[C@@H]1CC)nc(=O)n2C. The average molecular weight is 470 g/mol. The first kappa shape index (κ1) is 24.4. The molecule has 8 heteroatoms. The Kier molecular flexibility index (Phi) is 7.14. The number of rotatable bonds is 6. The molecule has 1 fully saturated rings. The molecule has 3 aromatic rings. The van der Waals surface area contributed by atoms with Crippen LogP contribution in [0.2, 0.25) is 0 Å². The fourth-order valence-corrected chi connectivity index (χ4v) is 5.23. The molecule has 1 aliphatic rings. The van der Waals surface area contributed by atoms with Crippen molar-refractivity contribution in [2.45, 2.75) is 58.2 Å². The normalized spacial score (nSPS) is 19.3. The van der Waals surface area contributed by atoms with Crippen molar-refractivity contribution < 1.29 is 0 Å². The van der Waals surface area contributed by atoms with Crippen LogP contribution in [0.15, 0.2) is 41.2 Å². The molecule has 1 unspecified atom stereocenters. The van der Waals surface area contributed by atoms with E-state index in [0.29, 0.717) is 28.2 Å². The van der Waals surface area contributed by atoms with E-state index in [1.165, 1.54) is 10.1 Å². The Hall–Kier alpha value is -3.75. The van der Waals surface area contributed by atoms with Crippen molar-refractivity contribution in [2.75, 3.05) is 18.0 Å². The number of anilines is 1. The number of pyridine rings is 1. The Morgan fingerprint density at radius 3 is 2.40 bits per heavy atom. The second-order valence-corrected chi connectivity index (χ2v) is 9.06. The number of hydrogen-bond donors (Lipinski definition) is 0. The van der Waals surface area contributed by atoms with Crippen LogP contribution in [0.5, 0.6) is 0 Å². The molecule has 0 aliphatic carbocycles. The fraction of sp³-hybridized carbons (Fsp3) is 0.444. The van der Waals surface area contributed by atoms with Crippen LogP contribution in [0.25, 0.3) is 15.9 Å². The highest BCUT2D eigenvalue weighted by Gasteiger charge is 2.38. The van der Waals surface area contributed by atoms with Crippen LogP contribution in [-0.2, 0) is 7.05 Å². The summed E-state index contributed by atoms with van der Waals surface area (Å²) in [5, 5.41) is 9.19. The minimum absolute atomic E-state index is 0.145. The molecule has 1 aromatic carbocycles. The predicted octanol–water partition coefficient (Wildman–Crippen LogP) is 4.58. The van der Waals surface area contributed by atoms with Crippen LogP contribution >= 0.6 is 0 Å². The van der Waals surface area contributed by atoms with E-state index in [-0.39, 0.29) is 23.8 Å². The van der Waals surface area contributed by atoms with Crippen LogP contribution in [-0.4, -0.2) is 44.6 Å². The number of piperazine rings is 1. The third kappa shape index (κ3) is 4.50. The van der Waals surface area contributed by atoms with Gasteiger partial charge in [0.15, 0.2) is 5.82 Å². The smallest absolute Gasteiger partial charge is 0.350 e. The monoisotopic (exact) mass is 469 g/mol. The first-order chi connectivity index (χ1) is 16.9. The molecule has 3 atom stereocenters. The van der Waals surface area contributed by atoms with Crippen molar-refractivity contribution in [3.05, 3.63) is 69.4 Å². The molecule has 2 aromatic heterocycles. The van der Waals surface area contributed by atoms with E-state index in [4.69, 9.17) is 6.57 Å². The zero-order valence-corrected chi connectivity index (χ0v) is 20.8. The minimum Gasteiger partial charge on any atom is -0.361 e. The van der Waals surface area contributed by atoms with Crippen LogP contribution in [0.1, 0.15) is 57.2 Å². The first-order valence-electron chi connectivity index (χ1n) is 12.2. The standard InChI is InChI=1S/C27H31N7O/c1-6-20-17-34(26-25-23(32(5)27(35)31-26)13-14-24(29-4)30-25)21(7-2)16-33(20)22(8-3)19-11-9-18(15-28)10-12-19/h9-14,20-22H,6-8,16-17H2,1-3,5H3/t20-,21+,22?/m1/s1. The summed E-state index contributed by atoms with van der Waals surface area (Å²) >= 11 is 0. The maximum atomic E-state index is 12.8. The van der Waals surface area contributed by atoms with Gasteiger partial charge in [-0.25, -0.2) is 4.79 Å². The van der Waals surface area contributed by atoms with E-state index in [1.807, 2.05) is 12.1 Å². The number of aryl methyl sites for hydroxylation is 1. The molecule has 0 saturated carbocycles. The lowest BCUT2D eigenvalue weighted by Crippen LogP contribution is -2.59. The quantitative estimate of drug-likeness (QED) is 0.492. The van der Waals surface area contributed by atoms with Gasteiger partial charge >= 0.3 is 5.69 Å². The van der Waals surface area contributed by atoms with Crippen LogP contribution in [0.3, 0.4) is 0 Å². The van der Waals surface area contributed by atoms with E-state index in [2.05, 4.69) is 63.6 Å². The summed E-state index contributed by atoms with van der Waals surface area (Å²) in [7, 11) is 1.69. The molecule has 1 aliphatic heterocycles. The summed E-state index contributed by atoms with van der Waals surface area (Å²) in [6, 6.07) is 14.2. The number of hydrogen-bond acceptors (Lipinski definition) is 6. The molecular formula is C27H31N7O. The molecule has 35 heavy (non-hydrogen) atoms. The predicted molar refractivity (Wildman–Crippen MR) is 137 cm³/mol. The van der Waals surface area contributed by atoms with Gasteiger partial charge in [0.25, 0.3) is 5.82 Å². The van der Waals surface area contributed by atoms with Crippen molar-refractivity contribution in [2.24, 2.45) is 7.05 Å². The average Bonchev–Trinajstić information content (AvgIpc) is 2.90. The zero-order valence-electron chi connectivity index (χ0n) is 20.8. The lowest BCUT2D eigenvalue weighted by Gasteiger charge is -2.49. The third-order valence-corrected chi connectivity index (χ3v) is 7.20. The molecule has 0 bridgehead atoms. The zero-order chi connectivity index (χ0) is 25.1. The Morgan fingerprint density at radius 1 is 1.09 bits per heavy atom. The second-order valence-electron chi connectivity index (χ2n) is 9.06. The van der Waals surface area contributed by atoms with Gasteiger partial charge < -0.3 is 9.74 Å². The molecular weight excluding hydrogens is 438 g/mol. The Balaban J connectivity index is 1.76. The second kappa shape index (κ2) is 10.2. The molecule has 180 valence electrons. The molecule has 1 saturated heterocycles. The third-order valence-electron chi connectivity index (χ3n) is 7.20. The minimum atomic E-state index is -0.320. The van der Waals surface area contributed by atoms with Gasteiger partial charge in [0.1, 0.15) is 0 Å². The van der Waals surface area contributed by atoms with Crippen molar-refractivity contribution in [1.29, 1.82) is 5.26 Å². The highest BCUT2D eigenvalue weighted by molar-refractivity contribution is 5.87. The van der Waals surface area contributed by atoms with Crippen LogP contribution < -0.4 is 10.6 Å². The lowest BCUT2D eigenvalue weighted by molar-refractivity contribution is 0.0896. The highest BCUT2D eigenvalue weighted by Crippen LogP contribution is 2.35. The molecule has 4 rings (SSSR count). The molecule has 0 N–H and O–H groups in total. The van der Waals surface area contributed by atoms with E-state index in [0.717, 1.165) is 32.4 Å². The van der Waals surface area contributed by atoms with E-state index in [1.54, 1.807) is 19.2 Å². The molecule has 0 amide bonds. The van der Waals surface area contributed by atoms with E-state index >= 15 is 0 Å². The van der Waals surface area contributed by atoms with Crippen molar-refractivity contribution in [3.63, 3.8) is 0 Å². The maximum Gasteiger partial charge on any atom is 0.350 e. The van der Waals surface area contributed by atoms with Crippen LogP contribution in [0.4, 0.5) is 11.6 Å². The molecule has 8 nitrogen and oxygen atoms in total. The van der Waals surface area contributed by atoms with Crippen molar-refractivity contribution in [1.82, 2.24) is 19.4 Å². The molecule has 0 radical (unpaired) electrons. The van der Waals surface area contributed by atoms with Gasteiger partial charge in [-0.1, -0.05) is 39.5 Å². The summed E-state index contributed by atoms with van der Waals surface area (Å²) in [6.07, 6.45) is 2.79. The summed E-state index contributed by atoms with van der Waals surface area (Å²) < 4.78 is 1.49. The van der Waals surface area contributed by atoms with Crippen LogP contribution in [0, 0.1) is 17.9 Å². The summed E-state index contributed by atoms with van der Waals surface area (Å²) in [4.78, 5) is 30.1. The summed E-state index contributed by atoms with van der Waals surface area (Å²) in [5.74, 6) is 0.870. The number of benzene rings is 1. The van der Waals surface area contributed by atoms with E-state index < -0.39 is 0 Å². The first-order valence-corrected chi connectivity index (χ1v) is 12.2. The van der Waals surface area contributed by atoms with E-state index in [9.17, 15) is 10.1 Å². The van der Waals surface area contributed by atoms with Crippen molar-refractivity contribution in [3.8, 4) is 6.07 Å². The number of fused-ring (bicyclic) bond motifs is 1. The number of nitrogens with zero attached hydrogens (tertiary/aromatic N) is 7. The van der Waals surface area contributed by atoms with Gasteiger partial charge in [0.2, 0.25) is 5.52 Å². The maximum absolute atomic E-state index is 12.8. The van der Waals surface area contributed by atoms with Gasteiger partial charge in [-0.3, -0.25) is 9.47 Å². The topological polar surface area (TPSA) is 82.4 Å². The highest BCUT2D eigenvalue weighted by atomic mass is 16.1. The molecule has 0 spiro atoms. The van der Waals surface area contributed by atoms with Gasteiger partial charge in [-0.2, -0.15) is 10.2 Å². The fourth-order valence-electron chi connectivity index (χ4n) is 5.23. The Labute approximate surface area is 206 Å². The van der Waals surface area contributed by atoms with Gasteiger partial charge in [0, 0.05) is 38.3 Å². The lowest BCUT2D eigenvalue weighted by atomic mass is 9.94. The van der Waals surface area contributed by atoms with Crippen molar-refractivity contribution >= 4 is 22.7 Å². The summed E-state index contributed by atoms with van der Waals surface area (Å²) in [5.41, 5.74) is 2.85. The van der Waals surface area contributed by atoms with Gasteiger partial charge in [-0.05, 0) is 49.1 Å².